The van der Waals surface area contributed by atoms with E-state index in [1.165, 1.54) is 4.57 Å². The number of rotatable bonds is 6. The van der Waals surface area contributed by atoms with Crippen molar-refractivity contribution in [2.75, 3.05) is 0 Å². The molecule has 0 unspecified atom stereocenters. The Morgan fingerprint density at radius 3 is 2.96 bits per heavy atom. The number of nitrogens with one attached hydrogen (secondary N) is 3. The predicted molar refractivity (Wildman–Crippen MR) is 82.5 cm³/mol. The molecule has 9 nitrogen and oxygen atoms in total. The molecule has 3 rings (SSSR count). The molecule has 120 valence electrons. The van der Waals surface area contributed by atoms with E-state index in [9.17, 15) is 9.59 Å². The summed E-state index contributed by atoms with van der Waals surface area (Å²) in [6, 6.07) is 6.92. The highest BCUT2D eigenvalue weighted by molar-refractivity contribution is 5.80. The van der Waals surface area contributed by atoms with E-state index >= 15 is 0 Å². The summed E-state index contributed by atoms with van der Waals surface area (Å²) in [5.74, 6) is 0.159. The number of aromatic amines is 2. The van der Waals surface area contributed by atoms with E-state index in [1.54, 1.807) is 12.1 Å². The Labute approximate surface area is 131 Å². The number of carbonyl (C=O) groups excluding carboxylic acids is 1. The molecular weight excluding hydrogens is 298 g/mol. The van der Waals surface area contributed by atoms with Gasteiger partial charge in [-0.15, -0.1) is 10.2 Å². The van der Waals surface area contributed by atoms with Crippen LogP contribution in [0.25, 0.3) is 11.0 Å². The van der Waals surface area contributed by atoms with Gasteiger partial charge < -0.3 is 10.3 Å². The second kappa shape index (κ2) is 6.42. The fourth-order valence-electron chi connectivity index (χ4n) is 2.52. The number of benzene rings is 1. The van der Waals surface area contributed by atoms with Gasteiger partial charge in [-0.1, -0.05) is 30.7 Å². The molecule has 3 aromatic rings. The third-order valence-electron chi connectivity index (χ3n) is 3.57. The molecule has 2 aromatic heterocycles. The minimum Gasteiger partial charge on any atom is -0.344 e. The van der Waals surface area contributed by atoms with Gasteiger partial charge in [-0.25, -0.2) is 4.79 Å². The Morgan fingerprint density at radius 2 is 2.22 bits per heavy atom. The van der Waals surface area contributed by atoms with Crippen LogP contribution < -0.4 is 11.0 Å². The average Bonchev–Trinajstić information content (AvgIpc) is 3.16. The Hall–Kier alpha value is -2.97. The van der Waals surface area contributed by atoms with E-state index in [1.807, 2.05) is 19.1 Å². The lowest BCUT2D eigenvalue weighted by Gasteiger charge is -2.14. The van der Waals surface area contributed by atoms with Gasteiger partial charge in [0.05, 0.1) is 17.1 Å². The number of amides is 1. The topological polar surface area (TPSA) is 121 Å². The fourth-order valence-corrected chi connectivity index (χ4v) is 2.52. The second-order valence-corrected chi connectivity index (χ2v) is 5.21. The van der Waals surface area contributed by atoms with Crippen LogP contribution in [0.1, 0.15) is 31.6 Å². The number of nitrogens with zero attached hydrogens (tertiary/aromatic N) is 4. The predicted octanol–water partition coefficient (Wildman–Crippen LogP) is 0.500. The molecule has 0 bridgehead atoms. The second-order valence-electron chi connectivity index (χ2n) is 5.21. The highest BCUT2D eigenvalue weighted by Gasteiger charge is 2.19. The Morgan fingerprint density at radius 1 is 1.39 bits per heavy atom. The van der Waals surface area contributed by atoms with Gasteiger partial charge in [-0.05, 0) is 18.6 Å². The zero-order valence-corrected chi connectivity index (χ0v) is 12.6. The lowest BCUT2D eigenvalue weighted by molar-refractivity contribution is -0.122. The van der Waals surface area contributed by atoms with Crippen LogP contribution in [-0.4, -0.2) is 36.1 Å². The molecule has 23 heavy (non-hydrogen) atoms. The van der Waals surface area contributed by atoms with Crippen LogP contribution in [0.4, 0.5) is 0 Å². The minimum absolute atomic E-state index is 0.0685. The molecule has 0 saturated heterocycles. The van der Waals surface area contributed by atoms with Crippen molar-refractivity contribution < 1.29 is 4.79 Å². The van der Waals surface area contributed by atoms with Crippen LogP contribution in [0.15, 0.2) is 29.1 Å². The maximum atomic E-state index is 12.3. The third kappa shape index (κ3) is 3.12. The summed E-state index contributed by atoms with van der Waals surface area (Å²) in [5.41, 5.74) is 1.08. The van der Waals surface area contributed by atoms with E-state index in [4.69, 9.17) is 0 Å². The summed E-state index contributed by atoms with van der Waals surface area (Å²) in [6.45, 7) is 1.93. The van der Waals surface area contributed by atoms with Crippen LogP contribution in [0, 0.1) is 0 Å². The molecule has 0 spiro atoms. The molecule has 0 aliphatic carbocycles. The monoisotopic (exact) mass is 315 g/mol. The molecule has 9 heteroatoms. The number of hydrogen-bond donors (Lipinski definition) is 3. The van der Waals surface area contributed by atoms with Crippen molar-refractivity contribution in [2.24, 2.45) is 0 Å². The van der Waals surface area contributed by atoms with Crippen molar-refractivity contribution in [2.45, 2.75) is 32.4 Å². The van der Waals surface area contributed by atoms with Crippen molar-refractivity contribution in [1.82, 2.24) is 35.5 Å². The summed E-state index contributed by atoms with van der Waals surface area (Å²) in [7, 11) is 0. The van der Waals surface area contributed by atoms with Gasteiger partial charge in [0.2, 0.25) is 5.91 Å². The van der Waals surface area contributed by atoms with Gasteiger partial charge in [0.25, 0.3) is 0 Å². The normalized spacial score (nSPS) is 12.4. The number of fused-ring (bicyclic) bond motifs is 1. The molecule has 1 atom stereocenters. The number of aromatic nitrogens is 6. The number of carbonyl (C=O) groups is 1. The van der Waals surface area contributed by atoms with Gasteiger partial charge >= 0.3 is 5.69 Å². The van der Waals surface area contributed by atoms with Gasteiger partial charge in [-0.2, -0.15) is 5.21 Å². The number of tetrazole rings is 1. The summed E-state index contributed by atoms with van der Waals surface area (Å²) in [5, 5.41) is 16.6. The SMILES string of the molecule is CCC[C@@H](NC(=O)Cn1c(=O)[nH]c2ccccc21)c1nn[nH]n1. The third-order valence-corrected chi connectivity index (χ3v) is 3.57. The Kier molecular flexibility index (Phi) is 4.18. The molecular formula is C14H17N7O2. The molecule has 0 saturated carbocycles. The smallest absolute Gasteiger partial charge is 0.326 e. The van der Waals surface area contributed by atoms with Gasteiger partial charge in [0.1, 0.15) is 6.54 Å². The zero-order chi connectivity index (χ0) is 16.2. The number of hydrogen-bond acceptors (Lipinski definition) is 5. The van der Waals surface area contributed by atoms with E-state index in [-0.39, 0.29) is 24.2 Å². The van der Waals surface area contributed by atoms with Gasteiger partial charge in [0.15, 0.2) is 5.82 Å². The maximum absolute atomic E-state index is 12.3. The number of imidazole rings is 1. The van der Waals surface area contributed by atoms with Crippen molar-refractivity contribution in [3.8, 4) is 0 Å². The highest BCUT2D eigenvalue weighted by Crippen LogP contribution is 2.13. The molecule has 0 aliphatic rings. The van der Waals surface area contributed by atoms with Crippen molar-refractivity contribution in [3.63, 3.8) is 0 Å². The van der Waals surface area contributed by atoms with Crippen molar-refractivity contribution in [1.29, 1.82) is 0 Å². The van der Waals surface area contributed by atoms with E-state index in [0.717, 1.165) is 6.42 Å². The first-order chi connectivity index (χ1) is 11.2. The number of para-hydroxylation sites is 2. The lowest BCUT2D eigenvalue weighted by atomic mass is 10.1. The van der Waals surface area contributed by atoms with Crippen LogP contribution in [0.5, 0.6) is 0 Å². The molecule has 1 aromatic carbocycles. The quantitative estimate of drug-likeness (QED) is 0.611. The molecule has 0 radical (unpaired) electrons. The van der Waals surface area contributed by atoms with E-state index < -0.39 is 0 Å². The van der Waals surface area contributed by atoms with Crippen LogP contribution >= 0.6 is 0 Å². The van der Waals surface area contributed by atoms with E-state index in [2.05, 4.69) is 30.9 Å². The summed E-state index contributed by atoms with van der Waals surface area (Å²) >= 11 is 0. The molecule has 0 aliphatic heterocycles. The maximum Gasteiger partial charge on any atom is 0.326 e. The van der Waals surface area contributed by atoms with Crippen LogP contribution in [0.2, 0.25) is 0 Å². The van der Waals surface area contributed by atoms with Gasteiger partial charge in [-0.3, -0.25) is 9.36 Å². The molecule has 1 amide bonds. The fraction of sp³-hybridized carbons (Fsp3) is 0.357. The molecule has 3 N–H and O–H groups in total. The standard InChI is InChI=1S/C14H17N7O2/c1-2-5-10(13-17-19-20-18-13)15-12(22)8-21-11-7-4-3-6-9(11)16-14(21)23/h3-4,6-7,10H,2,5,8H2,1H3,(H,15,22)(H,16,23)(H,17,18,19,20)/t10-/m1/s1. The van der Waals surface area contributed by atoms with Crippen molar-refractivity contribution >= 4 is 16.9 Å². The molecule has 0 fully saturated rings. The summed E-state index contributed by atoms with van der Waals surface area (Å²) in [4.78, 5) is 27.0. The van der Waals surface area contributed by atoms with E-state index in [0.29, 0.717) is 23.3 Å². The summed E-state index contributed by atoms with van der Waals surface area (Å²) < 4.78 is 1.41. The highest BCUT2D eigenvalue weighted by atomic mass is 16.2. The lowest BCUT2D eigenvalue weighted by Crippen LogP contribution is -2.34. The molecule has 2 heterocycles. The first-order valence-corrected chi connectivity index (χ1v) is 7.39. The average molecular weight is 315 g/mol. The first-order valence-electron chi connectivity index (χ1n) is 7.39. The Bertz CT molecular complexity index is 850. The Balaban J connectivity index is 1.78. The first kappa shape index (κ1) is 14.9. The summed E-state index contributed by atoms with van der Waals surface area (Å²) in [6.07, 6.45) is 1.54. The number of H-pyrrole nitrogens is 2. The zero-order valence-electron chi connectivity index (χ0n) is 12.6. The van der Waals surface area contributed by atoms with Crippen molar-refractivity contribution in [3.05, 3.63) is 40.6 Å². The van der Waals surface area contributed by atoms with Crippen LogP contribution in [0.3, 0.4) is 0 Å². The van der Waals surface area contributed by atoms with Crippen LogP contribution in [-0.2, 0) is 11.3 Å². The minimum atomic E-state index is -0.327. The largest absolute Gasteiger partial charge is 0.344 e. The van der Waals surface area contributed by atoms with Gasteiger partial charge in [0, 0.05) is 0 Å².